The molecule has 0 saturated heterocycles. The van der Waals surface area contributed by atoms with Crippen molar-refractivity contribution in [3.05, 3.63) is 48.0 Å². The predicted octanol–water partition coefficient (Wildman–Crippen LogP) is 3.11. The molecule has 2 aromatic rings. The number of fused-ring (bicyclic) bond motifs is 1. The standard InChI is InChI=1S/C21H28N2O2/c1-14(18-10-6-8-16-7-4-5-9-19(16)18)22-21(25)15(2)23(3)13-20(24)17-11-12-17/h4-10,14-15,17,20,24H,11-13H2,1-3H3,(H,22,25). The largest absolute Gasteiger partial charge is 0.392 e. The Morgan fingerprint density at radius 2 is 1.88 bits per heavy atom. The lowest BCUT2D eigenvalue weighted by atomic mass is 9.99. The van der Waals surface area contributed by atoms with Crippen molar-refractivity contribution in [2.75, 3.05) is 13.6 Å². The van der Waals surface area contributed by atoms with Crippen molar-refractivity contribution in [3.63, 3.8) is 0 Å². The minimum atomic E-state index is -0.323. The van der Waals surface area contributed by atoms with Gasteiger partial charge >= 0.3 is 0 Å². The molecule has 0 radical (unpaired) electrons. The molecule has 0 heterocycles. The van der Waals surface area contributed by atoms with Gasteiger partial charge in [0.15, 0.2) is 0 Å². The molecule has 0 spiro atoms. The van der Waals surface area contributed by atoms with Crippen molar-refractivity contribution >= 4 is 16.7 Å². The lowest BCUT2D eigenvalue weighted by Crippen LogP contribution is -2.46. The summed E-state index contributed by atoms with van der Waals surface area (Å²) in [5.41, 5.74) is 1.12. The number of carbonyl (C=O) groups is 1. The van der Waals surface area contributed by atoms with Crippen LogP contribution < -0.4 is 5.32 Å². The van der Waals surface area contributed by atoms with E-state index in [1.165, 1.54) is 10.8 Å². The molecule has 2 N–H and O–H groups in total. The fraction of sp³-hybridized carbons (Fsp3) is 0.476. The highest BCUT2D eigenvalue weighted by molar-refractivity contribution is 5.87. The van der Waals surface area contributed by atoms with Gasteiger partial charge in [-0.05, 0) is 56.0 Å². The Hall–Kier alpha value is -1.91. The number of nitrogens with zero attached hydrogens (tertiary/aromatic N) is 1. The second-order valence-electron chi connectivity index (χ2n) is 7.32. The average Bonchev–Trinajstić information content (AvgIpc) is 3.45. The summed E-state index contributed by atoms with van der Waals surface area (Å²) in [6, 6.07) is 14.1. The first-order chi connectivity index (χ1) is 12.0. The van der Waals surface area contributed by atoms with E-state index in [0.29, 0.717) is 12.5 Å². The van der Waals surface area contributed by atoms with Crippen molar-refractivity contribution in [2.24, 2.45) is 5.92 Å². The van der Waals surface area contributed by atoms with Gasteiger partial charge in [0, 0.05) is 6.54 Å². The lowest BCUT2D eigenvalue weighted by molar-refractivity contribution is -0.126. The van der Waals surface area contributed by atoms with Crippen molar-refractivity contribution in [2.45, 2.75) is 44.9 Å². The highest BCUT2D eigenvalue weighted by Crippen LogP contribution is 2.33. The van der Waals surface area contributed by atoms with E-state index in [1.807, 2.05) is 44.0 Å². The van der Waals surface area contributed by atoms with Crippen LogP contribution in [0.1, 0.15) is 38.3 Å². The molecule has 4 heteroatoms. The van der Waals surface area contributed by atoms with Crippen LogP contribution in [0.25, 0.3) is 10.8 Å². The molecular weight excluding hydrogens is 312 g/mol. The SMILES string of the molecule is CC(NC(=O)C(C)N(C)CC(O)C1CC1)c1cccc2ccccc12. The van der Waals surface area contributed by atoms with E-state index in [0.717, 1.165) is 18.4 Å². The number of hydrogen-bond acceptors (Lipinski definition) is 3. The topological polar surface area (TPSA) is 52.6 Å². The summed E-state index contributed by atoms with van der Waals surface area (Å²) in [6.45, 7) is 4.46. The molecule has 134 valence electrons. The van der Waals surface area contributed by atoms with Gasteiger partial charge in [0.2, 0.25) is 5.91 Å². The van der Waals surface area contributed by atoms with Crippen LogP contribution in [0.5, 0.6) is 0 Å². The molecule has 4 nitrogen and oxygen atoms in total. The van der Waals surface area contributed by atoms with Gasteiger partial charge in [0.25, 0.3) is 0 Å². The molecule has 1 amide bonds. The van der Waals surface area contributed by atoms with E-state index in [2.05, 4.69) is 29.6 Å². The molecule has 1 fully saturated rings. The van der Waals surface area contributed by atoms with E-state index in [-0.39, 0.29) is 24.1 Å². The van der Waals surface area contributed by atoms with Gasteiger partial charge in [0.1, 0.15) is 0 Å². The quantitative estimate of drug-likeness (QED) is 0.814. The van der Waals surface area contributed by atoms with Crippen molar-refractivity contribution < 1.29 is 9.90 Å². The summed E-state index contributed by atoms with van der Waals surface area (Å²) < 4.78 is 0. The third-order valence-corrected chi connectivity index (χ3v) is 5.33. The van der Waals surface area contributed by atoms with E-state index in [1.54, 1.807) is 0 Å². The Balaban J connectivity index is 1.64. The van der Waals surface area contributed by atoms with Gasteiger partial charge in [0.05, 0.1) is 18.2 Å². The second kappa shape index (κ2) is 7.54. The Kier molecular flexibility index (Phi) is 5.40. The van der Waals surface area contributed by atoms with Gasteiger partial charge in [-0.2, -0.15) is 0 Å². The molecule has 1 aliphatic carbocycles. The second-order valence-corrected chi connectivity index (χ2v) is 7.32. The Morgan fingerprint density at radius 3 is 2.60 bits per heavy atom. The number of hydrogen-bond donors (Lipinski definition) is 2. The van der Waals surface area contributed by atoms with Crippen LogP contribution in [0.3, 0.4) is 0 Å². The summed E-state index contributed by atoms with van der Waals surface area (Å²) in [7, 11) is 1.90. The number of amides is 1. The molecular formula is C21H28N2O2. The van der Waals surface area contributed by atoms with Crippen LogP contribution in [0, 0.1) is 5.92 Å². The normalized spacial score (nSPS) is 18.1. The highest BCUT2D eigenvalue weighted by Gasteiger charge is 2.32. The molecule has 25 heavy (non-hydrogen) atoms. The van der Waals surface area contributed by atoms with Crippen LogP contribution in [0.15, 0.2) is 42.5 Å². The minimum absolute atomic E-state index is 0.00840. The van der Waals surface area contributed by atoms with Crippen LogP contribution in [0.2, 0.25) is 0 Å². The number of rotatable bonds is 7. The number of aliphatic hydroxyl groups is 1. The maximum absolute atomic E-state index is 12.6. The first kappa shape index (κ1) is 17.9. The summed E-state index contributed by atoms with van der Waals surface area (Å²) >= 11 is 0. The number of benzene rings is 2. The number of carbonyl (C=O) groups excluding carboxylic acids is 1. The third-order valence-electron chi connectivity index (χ3n) is 5.33. The Labute approximate surface area is 149 Å². The van der Waals surface area contributed by atoms with Crippen LogP contribution in [0.4, 0.5) is 0 Å². The van der Waals surface area contributed by atoms with Crippen LogP contribution in [-0.4, -0.2) is 41.7 Å². The zero-order chi connectivity index (χ0) is 18.0. The van der Waals surface area contributed by atoms with Gasteiger partial charge in [-0.1, -0.05) is 42.5 Å². The zero-order valence-electron chi connectivity index (χ0n) is 15.3. The Bertz CT molecular complexity index is 736. The fourth-order valence-electron chi connectivity index (χ4n) is 3.32. The van der Waals surface area contributed by atoms with E-state index in [4.69, 9.17) is 0 Å². The van der Waals surface area contributed by atoms with Crippen molar-refractivity contribution in [1.29, 1.82) is 0 Å². The Morgan fingerprint density at radius 1 is 1.20 bits per heavy atom. The molecule has 1 saturated carbocycles. The van der Waals surface area contributed by atoms with E-state index in [9.17, 15) is 9.90 Å². The zero-order valence-corrected chi connectivity index (χ0v) is 15.3. The minimum Gasteiger partial charge on any atom is -0.392 e. The van der Waals surface area contributed by atoms with Gasteiger partial charge in [-0.3, -0.25) is 9.69 Å². The number of likely N-dealkylation sites (N-methyl/N-ethyl adjacent to an activating group) is 1. The summed E-state index contributed by atoms with van der Waals surface area (Å²) in [5.74, 6) is 0.415. The third kappa shape index (κ3) is 4.20. The fourth-order valence-corrected chi connectivity index (χ4v) is 3.32. The molecule has 3 unspecified atom stereocenters. The molecule has 0 aliphatic heterocycles. The van der Waals surface area contributed by atoms with E-state index >= 15 is 0 Å². The van der Waals surface area contributed by atoms with Crippen molar-refractivity contribution in [3.8, 4) is 0 Å². The molecule has 0 aromatic heterocycles. The molecule has 1 aliphatic rings. The first-order valence-electron chi connectivity index (χ1n) is 9.13. The van der Waals surface area contributed by atoms with Crippen LogP contribution in [-0.2, 0) is 4.79 Å². The summed E-state index contributed by atoms with van der Waals surface area (Å²) in [6.07, 6.45) is 1.89. The first-order valence-corrected chi connectivity index (χ1v) is 9.13. The highest BCUT2D eigenvalue weighted by atomic mass is 16.3. The van der Waals surface area contributed by atoms with Gasteiger partial charge in [-0.25, -0.2) is 0 Å². The molecule has 3 atom stereocenters. The summed E-state index contributed by atoms with van der Waals surface area (Å²) in [5, 5.41) is 15.6. The smallest absolute Gasteiger partial charge is 0.237 e. The molecule has 2 aromatic carbocycles. The van der Waals surface area contributed by atoms with Gasteiger partial charge < -0.3 is 10.4 Å². The molecule has 3 rings (SSSR count). The van der Waals surface area contributed by atoms with E-state index < -0.39 is 0 Å². The monoisotopic (exact) mass is 340 g/mol. The lowest BCUT2D eigenvalue weighted by Gasteiger charge is -2.27. The maximum atomic E-state index is 12.6. The van der Waals surface area contributed by atoms with Crippen LogP contribution >= 0.6 is 0 Å². The number of nitrogens with one attached hydrogen (secondary N) is 1. The number of aliphatic hydroxyl groups excluding tert-OH is 1. The summed E-state index contributed by atoms with van der Waals surface area (Å²) in [4.78, 5) is 14.6. The predicted molar refractivity (Wildman–Crippen MR) is 101 cm³/mol. The average molecular weight is 340 g/mol. The van der Waals surface area contributed by atoms with Gasteiger partial charge in [-0.15, -0.1) is 0 Å². The maximum Gasteiger partial charge on any atom is 0.237 e. The van der Waals surface area contributed by atoms with Crippen molar-refractivity contribution in [1.82, 2.24) is 10.2 Å². The molecule has 0 bridgehead atoms.